The maximum atomic E-state index is 14.6. The Labute approximate surface area is 140 Å². The van der Waals surface area contributed by atoms with Crippen LogP contribution in [0.5, 0.6) is 0 Å². The molecule has 0 aliphatic heterocycles. The van der Waals surface area contributed by atoms with Crippen LogP contribution >= 0.6 is 0 Å². The number of hydrogen-bond acceptors (Lipinski definition) is 0. The lowest BCUT2D eigenvalue weighted by Crippen LogP contribution is -2.07. The molecule has 0 atom stereocenters. The maximum absolute atomic E-state index is 14.6. The largest absolute Gasteiger partial charge is 0.205 e. The van der Waals surface area contributed by atoms with Gasteiger partial charge < -0.3 is 0 Å². The third kappa shape index (κ3) is 3.38. The Morgan fingerprint density at radius 3 is 2.58 bits per heavy atom. The molecular weight excluding hydrogens is 309 g/mol. The summed E-state index contributed by atoms with van der Waals surface area (Å²) in [6, 6.07) is 6.98. The molecule has 0 unspecified atom stereocenters. The number of fused-ring (bicyclic) bond motifs is 1. The molecule has 0 nitrogen and oxygen atoms in total. The van der Waals surface area contributed by atoms with Gasteiger partial charge in [0.2, 0.25) is 0 Å². The van der Waals surface area contributed by atoms with Gasteiger partial charge in [-0.05, 0) is 54.7 Å². The van der Waals surface area contributed by atoms with Crippen molar-refractivity contribution in [1.29, 1.82) is 0 Å². The van der Waals surface area contributed by atoms with Crippen molar-refractivity contribution in [3.05, 3.63) is 81.7 Å². The van der Waals surface area contributed by atoms with Crippen LogP contribution in [0.3, 0.4) is 0 Å². The molecule has 1 aliphatic carbocycles. The van der Waals surface area contributed by atoms with Crippen LogP contribution < -0.4 is 0 Å². The van der Waals surface area contributed by atoms with Gasteiger partial charge in [0.25, 0.3) is 0 Å². The van der Waals surface area contributed by atoms with Gasteiger partial charge in [0.05, 0.1) is 5.56 Å². The highest BCUT2D eigenvalue weighted by Gasteiger charge is 2.16. The van der Waals surface area contributed by atoms with Gasteiger partial charge in [-0.15, -0.1) is 0 Å². The smallest absolute Gasteiger partial charge is 0.160 e. The fourth-order valence-corrected chi connectivity index (χ4v) is 2.93. The summed E-state index contributed by atoms with van der Waals surface area (Å²) in [6.07, 6.45) is 5.59. The number of rotatable bonds is 2. The quantitative estimate of drug-likeness (QED) is 0.517. The van der Waals surface area contributed by atoms with E-state index in [9.17, 15) is 13.2 Å². The zero-order chi connectivity index (χ0) is 17.1. The van der Waals surface area contributed by atoms with Crippen LogP contribution in [0.25, 0.3) is 0 Å². The summed E-state index contributed by atoms with van der Waals surface area (Å²) < 4.78 is 40.7. The van der Waals surface area contributed by atoms with Crippen molar-refractivity contribution in [3.63, 3.8) is 0 Å². The van der Waals surface area contributed by atoms with Crippen molar-refractivity contribution in [2.75, 3.05) is 0 Å². The monoisotopic (exact) mass is 326 g/mol. The third-order valence-electron chi connectivity index (χ3n) is 4.18. The second-order valence-corrected chi connectivity index (χ2v) is 5.94. The predicted octanol–water partition coefficient (Wildman–Crippen LogP) is 5.33. The molecular formula is C21H17F3. The Bertz CT molecular complexity index is 867. The normalized spacial score (nSPS) is 12.9. The standard InChI is InChI=1S/C21H17F3/c1-2-3-14-5-10-18-17(12-14)9-8-16(21(18)24)7-4-15-6-11-19(22)20(23)13-15/h5-6,8-9,11,13H,2-3,10,12H2,1H3. The molecule has 3 rings (SSSR count). The van der Waals surface area contributed by atoms with Gasteiger partial charge in [0, 0.05) is 5.56 Å². The van der Waals surface area contributed by atoms with Gasteiger partial charge >= 0.3 is 0 Å². The molecule has 0 amide bonds. The Morgan fingerprint density at radius 2 is 1.83 bits per heavy atom. The highest BCUT2D eigenvalue weighted by atomic mass is 19.2. The molecule has 0 heterocycles. The van der Waals surface area contributed by atoms with E-state index in [4.69, 9.17) is 0 Å². The van der Waals surface area contributed by atoms with Crippen LogP contribution in [0.15, 0.2) is 42.0 Å². The summed E-state index contributed by atoms with van der Waals surface area (Å²) in [6.45, 7) is 2.13. The second-order valence-electron chi connectivity index (χ2n) is 5.94. The average Bonchev–Trinajstić information content (AvgIpc) is 2.57. The molecule has 24 heavy (non-hydrogen) atoms. The van der Waals surface area contributed by atoms with Crippen molar-refractivity contribution >= 4 is 0 Å². The number of halogens is 3. The first-order valence-electron chi connectivity index (χ1n) is 8.03. The SMILES string of the molecule is CCCC1=CCc2c(ccc(C#Cc3ccc(F)c(F)c3)c2F)C1. The first-order valence-corrected chi connectivity index (χ1v) is 8.03. The summed E-state index contributed by atoms with van der Waals surface area (Å²) in [5, 5.41) is 0. The van der Waals surface area contributed by atoms with E-state index in [0.29, 0.717) is 17.5 Å². The van der Waals surface area contributed by atoms with E-state index in [1.807, 2.05) is 6.07 Å². The highest BCUT2D eigenvalue weighted by Crippen LogP contribution is 2.27. The van der Waals surface area contributed by atoms with Gasteiger partial charge in [-0.3, -0.25) is 0 Å². The lowest BCUT2D eigenvalue weighted by atomic mass is 9.88. The summed E-state index contributed by atoms with van der Waals surface area (Å²) in [4.78, 5) is 0. The first-order chi connectivity index (χ1) is 11.6. The maximum Gasteiger partial charge on any atom is 0.160 e. The summed E-state index contributed by atoms with van der Waals surface area (Å²) in [5.41, 5.74) is 3.65. The topological polar surface area (TPSA) is 0 Å². The molecule has 0 aromatic heterocycles. The van der Waals surface area contributed by atoms with Crippen LogP contribution in [0.4, 0.5) is 13.2 Å². The second kappa shape index (κ2) is 6.97. The summed E-state index contributed by atoms with van der Waals surface area (Å²) in [7, 11) is 0. The minimum Gasteiger partial charge on any atom is -0.205 e. The molecule has 0 saturated heterocycles. The molecule has 0 spiro atoms. The van der Waals surface area contributed by atoms with Gasteiger partial charge in [-0.1, -0.05) is 42.9 Å². The fraction of sp³-hybridized carbons (Fsp3) is 0.238. The zero-order valence-corrected chi connectivity index (χ0v) is 13.4. The van der Waals surface area contributed by atoms with Crippen molar-refractivity contribution in [2.45, 2.75) is 32.6 Å². The first kappa shape index (κ1) is 16.4. The molecule has 2 aromatic carbocycles. The van der Waals surface area contributed by atoms with Crippen LogP contribution in [0.1, 0.15) is 42.0 Å². The van der Waals surface area contributed by atoms with Gasteiger partial charge in [-0.25, -0.2) is 13.2 Å². The average molecular weight is 326 g/mol. The van der Waals surface area contributed by atoms with Crippen molar-refractivity contribution in [3.8, 4) is 11.8 Å². The Balaban J connectivity index is 1.88. The van der Waals surface area contributed by atoms with Crippen LogP contribution in [0, 0.1) is 29.3 Å². The van der Waals surface area contributed by atoms with Crippen molar-refractivity contribution in [1.82, 2.24) is 0 Å². The third-order valence-corrected chi connectivity index (χ3v) is 4.18. The van der Waals surface area contributed by atoms with E-state index in [-0.39, 0.29) is 11.4 Å². The highest BCUT2D eigenvalue weighted by molar-refractivity contribution is 5.49. The summed E-state index contributed by atoms with van der Waals surface area (Å²) >= 11 is 0. The van der Waals surface area contributed by atoms with Crippen molar-refractivity contribution in [2.24, 2.45) is 0 Å². The summed E-state index contributed by atoms with van der Waals surface area (Å²) in [5.74, 6) is 3.23. The Morgan fingerprint density at radius 1 is 1.00 bits per heavy atom. The van der Waals surface area contributed by atoms with Crippen molar-refractivity contribution < 1.29 is 13.2 Å². The molecule has 0 N–H and O–H groups in total. The van der Waals surface area contributed by atoms with E-state index in [1.165, 1.54) is 11.6 Å². The van der Waals surface area contributed by atoms with E-state index >= 15 is 0 Å². The van der Waals surface area contributed by atoms with Crippen LogP contribution in [-0.2, 0) is 12.8 Å². The molecule has 0 saturated carbocycles. The van der Waals surface area contributed by atoms with E-state index < -0.39 is 11.6 Å². The number of allylic oxidation sites excluding steroid dienone is 2. The molecule has 122 valence electrons. The minimum absolute atomic E-state index is 0.283. The zero-order valence-electron chi connectivity index (χ0n) is 13.4. The van der Waals surface area contributed by atoms with E-state index in [1.54, 1.807) is 6.07 Å². The van der Waals surface area contributed by atoms with E-state index in [2.05, 4.69) is 24.8 Å². The lowest BCUT2D eigenvalue weighted by Gasteiger charge is -2.18. The molecule has 3 heteroatoms. The fourth-order valence-electron chi connectivity index (χ4n) is 2.93. The molecule has 2 aromatic rings. The van der Waals surface area contributed by atoms with E-state index in [0.717, 1.165) is 37.0 Å². The molecule has 1 aliphatic rings. The molecule has 0 fully saturated rings. The lowest BCUT2D eigenvalue weighted by molar-refractivity contribution is 0.508. The molecule has 0 bridgehead atoms. The van der Waals surface area contributed by atoms with Crippen LogP contribution in [0.2, 0.25) is 0 Å². The van der Waals surface area contributed by atoms with Gasteiger partial charge in [0.1, 0.15) is 5.82 Å². The van der Waals surface area contributed by atoms with Gasteiger partial charge in [-0.2, -0.15) is 0 Å². The van der Waals surface area contributed by atoms with Crippen LogP contribution in [-0.4, -0.2) is 0 Å². The number of benzene rings is 2. The Hall–Kier alpha value is -2.47. The predicted molar refractivity (Wildman–Crippen MR) is 89.1 cm³/mol. The number of hydrogen-bond donors (Lipinski definition) is 0. The molecule has 0 radical (unpaired) electrons. The minimum atomic E-state index is -0.957. The van der Waals surface area contributed by atoms with Gasteiger partial charge in [0.15, 0.2) is 11.6 Å². The Kier molecular flexibility index (Phi) is 4.76.